The van der Waals surface area contributed by atoms with Crippen LogP contribution in [-0.4, -0.2) is 12.7 Å². The van der Waals surface area contributed by atoms with Crippen molar-refractivity contribution in [2.24, 2.45) is 5.73 Å². The third-order valence-electron chi connectivity index (χ3n) is 3.42. The maximum Gasteiger partial charge on any atom is 0.120 e. The zero-order valence-electron chi connectivity index (χ0n) is 12.9. The van der Waals surface area contributed by atoms with Gasteiger partial charge in [-0.3, -0.25) is 0 Å². The first-order chi connectivity index (χ1) is 10.1. The zero-order chi connectivity index (χ0) is 15.2. The van der Waals surface area contributed by atoms with E-state index in [-0.39, 0.29) is 12.1 Å². The van der Waals surface area contributed by atoms with Gasteiger partial charge in [-0.2, -0.15) is 0 Å². The fourth-order valence-electron chi connectivity index (χ4n) is 2.13. The Bertz CT molecular complexity index is 548. The first-order valence-electron chi connectivity index (χ1n) is 7.32. The summed E-state index contributed by atoms with van der Waals surface area (Å²) < 4.78 is 11.3. The van der Waals surface area contributed by atoms with Gasteiger partial charge in [-0.05, 0) is 50.6 Å². The van der Waals surface area contributed by atoms with Gasteiger partial charge < -0.3 is 15.2 Å². The molecule has 2 aromatic rings. The van der Waals surface area contributed by atoms with Gasteiger partial charge in [0.25, 0.3) is 0 Å². The molecular weight excluding hydrogens is 262 g/mol. The molecule has 2 unspecified atom stereocenters. The fourth-order valence-corrected chi connectivity index (χ4v) is 2.13. The van der Waals surface area contributed by atoms with Gasteiger partial charge in [0.2, 0.25) is 0 Å². The van der Waals surface area contributed by atoms with Crippen LogP contribution < -0.4 is 15.2 Å². The Morgan fingerprint density at radius 3 is 2.10 bits per heavy atom. The van der Waals surface area contributed by atoms with Crippen molar-refractivity contribution in [1.82, 2.24) is 0 Å². The molecule has 21 heavy (non-hydrogen) atoms. The molecule has 112 valence electrons. The van der Waals surface area contributed by atoms with Crippen molar-refractivity contribution in [2.75, 3.05) is 6.61 Å². The molecule has 0 aromatic heterocycles. The number of benzene rings is 2. The van der Waals surface area contributed by atoms with E-state index in [1.807, 2.05) is 38.1 Å². The van der Waals surface area contributed by atoms with Gasteiger partial charge in [0, 0.05) is 0 Å². The van der Waals surface area contributed by atoms with Crippen molar-refractivity contribution < 1.29 is 9.47 Å². The summed E-state index contributed by atoms with van der Waals surface area (Å²) in [6, 6.07) is 15.7. The molecule has 0 spiro atoms. The van der Waals surface area contributed by atoms with E-state index in [4.69, 9.17) is 15.2 Å². The van der Waals surface area contributed by atoms with E-state index >= 15 is 0 Å². The number of aryl methyl sites for hydroxylation is 1. The van der Waals surface area contributed by atoms with E-state index in [0.717, 1.165) is 17.1 Å². The van der Waals surface area contributed by atoms with E-state index in [1.54, 1.807) is 0 Å². The summed E-state index contributed by atoms with van der Waals surface area (Å²) >= 11 is 0. The van der Waals surface area contributed by atoms with E-state index in [1.165, 1.54) is 5.56 Å². The molecule has 0 bridgehead atoms. The summed E-state index contributed by atoms with van der Waals surface area (Å²) in [5.41, 5.74) is 8.57. The smallest absolute Gasteiger partial charge is 0.120 e. The van der Waals surface area contributed by atoms with Gasteiger partial charge in [0.1, 0.15) is 17.6 Å². The van der Waals surface area contributed by atoms with E-state index in [9.17, 15) is 0 Å². The van der Waals surface area contributed by atoms with Gasteiger partial charge in [-0.15, -0.1) is 0 Å². The van der Waals surface area contributed by atoms with Crippen molar-refractivity contribution in [1.29, 1.82) is 0 Å². The van der Waals surface area contributed by atoms with E-state index in [0.29, 0.717) is 6.61 Å². The first-order valence-corrected chi connectivity index (χ1v) is 7.32. The Kier molecular flexibility index (Phi) is 5.23. The predicted molar refractivity (Wildman–Crippen MR) is 85.8 cm³/mol. The summed E-state index contributed by atoms with van der Waals surface area (Å²) in [6.45, 7) is 6.68. The second-order valence-corrected chi connectivity index (χ2v) is 5.16. The highest BCUT2D eigenvalue weighted by Gasteiger charge is 2.16. The lowest BCUT2D eigenvalue weighted by molar-refractivity contribution is 0.190. The van der Waals surface area contributed by atoms with Crippen LogP contribution >= 0.6 is 0 Å². The van der Waals surface area contributed by atoms with Crippen molar-refractivity contribution in [3.8, 4) is 11.5 Å². The van der Waals surface area contributed by atoms with E-state index < -0.39 is 0 Å². The number of hydrogen-bond donors (Lipinski definition) is 1. The van der Waals surface area contributed by atoms with Gasteiger partial charge in [0.05, 0.1) is 12.6 Å². The second kappa shape index (κ2) is 7.14. The molecule has 0 fully saturated rings. The molecule has 0 amide bonds. The summed E-state index contributed by atoms with van der Waals surface area (Å²) in [6.07, 6.45) is -0.106. The highest BCUT2D eigenvalue weighted by atomic mass is 16.5. The van der Waals surface area contributed by atoms with Gasteiger partial charge in [-0.25, -0.2) is 0 Å². The van der Waals surface area contributed by atoms with Crippen LogP contribution in [0.5, 0.6) is 11.5 Å². The number of ether oxygens (including phenoxy) is 2. The molecule has 2 aromatic carbocycles. The minimum absolute atomic E-state index is 0.106. The lowest BCUT2D eigenvalue weighted by atomic mass is 10.0. The molecule has 2 atom stereocenters. The molecule has 0 saturated heterocycles. The van der Waals surface area contributed by atoms with Crippen molar-refractivity contribution in [2.45, 2.75) is 32.9 Å². The Balaban J connectivity index is 1.99. The van der Waals surface area contributed by atoms with E-state index in [2.05, 4.69) is 31.2 Å². The first kappa shape index (κ1) is 15.4. The third kappa shape index (κ3) is 4.23. The quantitative estimate of drug-likeness (QED) is 0.876. The normalized spacial score (nSPS) is 13.5. The maximum absolute atomic E-state index is 6.26. The lowest BCUT2D eigenvalue weighted by Gasteiger charge is -2.22. The monoisotopic (exact) mass is 285 g/mol. The van der Waals surface area contributed by atoms with Gasteiger partial charge >= 0.3 is 0 Å². The fraction of sp³-hybridized carbons (Fsp3) is 0.333. The third-order valence-corrected chi connectivity index (χ3v) is 3.42. The molecule has 0 saturated carbocycles. The molecule has 0 aliphatic carbocycles. The Morgan fingerprint density at radius 2 is 1.52 bits per heavy atom. The van der Waals surface area contributed by atoms with Crippen LogP contribution in [0.3, 0.4) is 0 Å². The molecule has 3 nitrogen and oxygen atoms in total. The topological polar surface area (TPSA) is 44.5 Å². The Hall–Kier alpha value is -2.00. The predicted octanol–water partition coefficient (Wildman–Crippen LogP) is 3.86. The maximum atomic E-state index is 6.26. The van der Waals surface area contributed by atoms with Crippen LogP contribution in [0.2, 0.25) is 0 Å². The highest BCUT2D eigenvalue weighted by molar-refractivity contribution is 5.32. The van der Waals surface area contributed by atoms with Crippen molar-refractivity contribution >= 4 is 0 Å². The molecular formula is C18H23NO2. The summed E-state index contributed by atoms with van der Waals surface area (Å²) in [5, 5.41) is 0. The van der Waals surface area contributed by atoms with Gasteiger partial charge in [0.15, 0.2) is 0 Å². The highest BCUT2D eigenvalue weighted by Crippen LogP contribution is 2.22. The molecule has 0 aliphatic rings. The average molecular weight is 285 g/mol. The summed E-state index contributed by atoms with van der Waals surface area (Å²) in [7, 11) is 0. The minimum Gasteiger partial charge on any atom is -0.494 e. The zero-order valence-corrected chi connectivity index (χ0v) is 12.9. The van der Waals surface area contributed by atoms with Crippen LogP contribution in [0.4, 0.5) is 0 Å². The number of hydrogen-bond acceptors (Lipinski definition) is 3. The molecule has 2 rings (SSSR count). The van der Waals surface area contributed by atoms with Crippen LogP contribution in [-0.2, 0) is 0 Å². The molecule has 0 aliphatic heterocycles. The standard InChI is InChI=1S/C18H23NO2/c1-4-20-16-9-11-17(12-10-16)21-14(3)18(19)15-7-5-13(2)6-8-15/h5-12,14,18H,4,19H2,1-3H3. The van der Waals surface area contributed by atoms with Crippen molar-refractivity contribution in [3.05, 3.63) is 59.7 Å². The molecule has 0 radical (unpaired) electrons. The Morgan fingerprint density at radius 1 is 0.952 bits per heavy atom. The van der Waals surface area contributed by atoms with Crippen LogP contribution in [0, 0.1) is 6.92 Å². The average Bonchev–Trinajstić information content (AvgIpc) is 2.49. The number of nitrogens with two attached hydrogens (primary N) is 1. The minimum atomic E-state index is -0.155. The van der Waals surface area contributed by atoms with Crippen LogP contribution in [0.1, 0.15) is 31.0 Å². The summed E-state index contributed by atoms with van der Waals surface area (Å²) in [4.78, 5) is 0. The largest absolute Gasteiger partial charge is 0.494 e. The van der Waals surface area contributed by atoms with Crippen LogP contribution in [0.25, 0.3) is 0 Å². The summed E-state index contributed by atoms with van der Waals surface area (Å²) in [5.74, 6) is 1.65. The molecule has 2 N–H and O–H groups in total. The van der Waals surface area contributed by atoms with Crippen LogP contribution in [0.15, 0.2) is 48.5 Å². The lowest BCUT2D eigenvalue weighted by Crippen LogP contribution is -2.28. The number of rotatable bonds is 6. The second-order valence-electron chi connectivity index (χ2n) is 5.16. The molecule has 3 heteroatoms. The van der Waals surface area contributed by atoms with Gasteiger partial charge in [-0.1, -0.05) is 29.8 Å². The molecule has 0 heterocycles. The SMILES string of the molecule is CCOc1ccc(OC(C)C(N)c2ccc(C)cc2)cc1. The Labute approximate surface area is 126 Å². The van der Waals surface area contributed by atoms with Crippen molar-refractivity contribution in [3.63, 3.8) is 0 Å².